The number of hydrogen-bond donors (Lipinski definition) is 2. The van der Waals surface area contributed by atoms with Gasteiger partial charge in [0, 0.05) is 63.0 Å². The number of nitrogens with zero attached hydrogens (tertiary/aromatic N) is 5. The maximum Gasteiger partial charge on any atom is 0.321 e. The molecule has 2 aromatic heterocycles. The van der Waals surface area contributed by atoms with Crippen molar-refractivity contribution in [1.82, 2.24) is 30.1 Å². The molecule has 0 aromatic carbocycles. The third-order valence-electron chi connectivity index (χ3n) is 7.92. The molecule has 2 fully saturated rings. The monoisotopic (exact) mass is 515 g/mol. The highest BCUT2D eigenvalue weighted by Crippen LogP contribution is 2.37. The lowest BCUT2D eigenvalue weighted by Gasteiger charge is -2.46. The van der Waals surface area contributed by atoms with Gasteiger partial charge in [0.15, 0.2) is 11.5 Å². The molecule has 2 aromatic rings. The van der Waals surface area contributed by atoms with Crippen molar-refractivity contribution in [3.8, 4) is 0 Å². The first-order valence-electron chi connectivity index (χ1n) is 13.1. The number of urea groups is 1. The molecule has 5 heterocycles. The molecule has 3 aliphatic rings. The number of carbonyl (C=O) groups is 2. The summed E-state index contributed by atoms with van der Waals surface area (Å²) in [5.41, 5.74) is 1.90. The average Bonchev–Trinajstić information content (AvgIpc) is 3.59. The summed E-state index contributed by atoms with van der Waals surface area (Å²) < 4.78 is 10.7. The zero-order valence-electron chi connectivity index (χ0n) is 21.6. The lowest BCUT2D eigenvalue weighted by atomic mass is 9.97. The topological polar surface area (TPSA) is 120 Å². The normalized spacial score (nSPS) is 24.6. The van der Waals surface area contributed by atoms with Crippen molar-refractivity contribution in [3.05, 3.63) is 28.8 Å². The number of piperazine rings is 1. The first-order valence-corrected chi connectivity index (χ1v) is 13.1. The number of aromatic nitrogens is 3. The Balaban J connectivity index is 0.00000320. The van der Waals surface area contributed by atoms with Crippen LogP contribution in [0.4, 0.5) is 10.6 Å². The van der Waals surface area contributed by atoms with Crippen molar-refractivity contribution in [1.29, 1.82) is 0 Å². The molecule has 5 rings (SSSR count). The number of aryl methyl sites for hydroxylation is 1. The molecule has 0 spiro atoms. The van der Waals surface area contributed by atoms with Crippen LogP contribution in [0.25, 0.3) is 0 Å². The molecule has 11 nitrogen and oxygen atoms in total. The van der Waals surface area contributed by atoms with Gasteiger partial charge >= 0.3 is 6.03 Å². The highest BCUT2D eigenvalue weighted by atomic mass is 16.5. The second kappa shape index (κ2) is 11.2. The minimum absolute atomic E-state index is 0. The average molecular weight is 516 g/mol. The summed E-state index contributed by atoms with van der Waals surface area (Å²) in [7, 11) is 0. The maximum absolute atomic E-state index is 13.7. The van der Waals surface area contributed by atoms with Gasteiger partial charge in [0.2, 0.25) is 0 Å². The summed E-state index contributed by atoms with van der Waals surface area (Å²) in [6.07, 6.45) is 2.90. The van der Waals surface area contributed by atoms with Crippen molar-refractivity contribution >= 4 is 17.8 Å². The Kier molecular flexibility index (Phi) is 8.23. The fourth-order valence-corrected chi connectivity index (χ4v) is 5.59. The van der Waals surface area contributed by atoms with Gasteiger partial charge in [-0.05, 0) is 39.5 Å². The Labute approximate surface area is 218 Å². The molecule has 3 atom stereocenters. The summed E-state index contributed by atoms with van der Waals surface area (Å²) in [5.74, 6) is 1.37. The number of anilines is 1. The van der Waals surface area contributed by atoms with E-state index in [1.165, 1.54) is 0 Å². The minimum Gasteiger partial charge on any atom is -0.381 e. The maximum atomic E-state index is 13.7. The molecule has 204 valence electrons. The van der Waals surface area contributed by atoms with E-state index in [0.29, 0.717) is 43.0 Å². The quantitative estimate of drug-likeness (QED) is 0.623. The van der Waals surface area contributed by atoms with E-state index < -0.39 is 0 Å². The standard InChI is InChI=1S/C25H37N7O4.CH4/c1-5-19-10-21(29-36-19)24(33)26-23-20-14-32(17(4)22(20)27-28-23)25(34)31-12-15(2)30(11-16(31)3)13-18-6-8-35-9-7-18;/h10,15-18H,5-9,11-14H2,1-4H3,(H2,26,27,28,33);1H4/t15-,16+,17?;/m1./s1. The van der Waals surface area contributed by atoms with Gasteiger partial charge in [-0.15, -0.1) is 0 Å². The van der Waals surface area contributed by atoms with E-state index in [1.54, 1.807) is 6.07 Å². The smallest absolute Gasteiger partial charge is 0.321 e. The van der Waals surface area contributed by atoms with Gasteiger partial charge in [-0.3, -0.25) is 14.8 Å². The molecule has 1 unspecified atom stereocenters. The van der Waals surface area contributed by atoms with E-state index in [-0.39, 0.29) is 37.1 Å². The van der Waals surface area contributed by atoms with Crippen molar-refractivity contribution in [2.45, 2.75) is 79.1 Å². The molecular formula is C26H41N7O4. The SMILES string of the molecule is C.CCc1cc(C(=O)Nc2n[nH]c3c2CN(C(=O)N2C[C@@H](C)N(CC4CCOCC4)C[C@@H]2C)C3C)no1. The van der Waals surface area contributed by atoms with E-state index in [2.05, 4.69) is 39.4 Å². The van der Waals surface area contributed by atoms with Crippen molar-refractivity contribution in [2.75, 3.05) is 38.2 Å². The Morgan fingerprint density at radius 3 is 2.59 bits per heavy atom. The van der Waals surface area contributed by atoms with Crippen molar-refractivity contribution < 1.29 is 18.8 Å². The van der Waals surface area contributed by atoms with Crippen LogP contribution in [0.3, 0.4) is 0 Å². The number of aromatic amines is 1. The third-order valence-corrected chi connectivity index (χ3v) is 7.92. The Bertz CT molecular complexity index is 1090. The molecule has 0 saturated carbocycles. The molecule has 0 radical (unpaired) electrons. The highest BCUT2D eigenvalue weighted by Gasteiger charge is 2.41. The van der Waals surface area contributed by atoms with E-state index in [4.69, 9.17) is 9.26 Å². The van der Waals surface area contributed by atoms with Crippen LogP contribution < -0.4 is 5.32 Å². The van der Waals surface area contributed by atoms with Gasteiger partial charge in [0.05, 0.1) is 18.3 Å². The molecular weight excluding hydrogens is 474 g/mol. The van der Waals surface area contributed by atoms with Crippen LogP contribution in [0.2, 0.25) is 0 Å². The Hall–Kier alpha value is -2.92. The molecule has 37 heavy (non-hydrogen) atoms. The summed E-state index contributed by atoms with van der Waals surface area (Å²) >= 11 is 0. The summed E-state index contributed by atoms with van der Waals surface area (Å²) in [5, 5.41) is 14.0. The molecule has 3 amide bonds. The summed E-state index contributed by atoms with van der Waals surface area (Å²) in [6.45, 7) is 13.0. The van der Waals surface area contributed by atoms with Gasteiger partial charge in [0.1, 0.15) is 5.76 Å². The third kappa shape index (κ3) is 5.38. The largest absolute Gasteiger partial charge is 0.381 e. The molecule has 0 bridgehead atoms. The highest BCUT2D eigenvalue weighted by molar-refractivity contribution is 6.02. The number of ether oxygens (including phenoxy) is 1. The van der Waals surface area contributed by atoms with E-state index in [9.17, 15) is 9.59 Å². The van der Waals surface area contributed by atoms with E-state index in [1.807, 2.05) is 23.6 Å². The number of carbonyl (C=O) groups excluding carboxylic acids is 2. The first kappa shape index (κ1) is 27.1. The van der Waals surface area contributed by atoms with Gasteiger partial charge in [-0.2, -0.15) is 5.10 Å². The van der Waals surface area contributed by atoms with Crippen LogP contribution in [-0.2, 0) is 17.7 Å². The second-order valence-electron chi connectivity index (χ2n) is 10.4. The summed E-state index contributed by atoms with van der Waals surface area (Å²) in [6, 6.07) is 1.92. The van der Waals surface area contributed by atoms with Crippen LogP contribution in [0.1, 0.15) is 81.5 Å². The molecule has 2 N–H and O–H groups in total. The number of amides is 3. The Morgan fingerprint density at radius 2 is 1.89 bits per heavy atom. The molecule has 0 aliphatic carbocycles. The molecule has 11 heteroatoms. The predicted molar refractivity (Wildman–Crippen MR) is 139 cm³/mol. The Morgan fingerprint density at radius 1 is 1.14 bits per heavy atom. The van der Waals surface area contributed by atoms with Gasteiger partial charge in [0.25, 0.3) is 5.91 Å². The number of H-pyrrole nitrogens is 1. The van der Waals surface area contributed by atoms with Crippen LogP contribution >= 0.6 is 0 Å². The van der Waals surface area contributed by atoms with Crippen molar-refractivity contribution in [3.63, 3.8) is 0 Å². The fourth-order valence-electron chi connectivity index (χ4n) is 5.59. The van der Waals surface area contributed by atoms with Crippen molar-refractivity contribution in [2.24, 2.45) is 5.92 Å². The number of nitrogens with one attached hydrogen (secondary N) is 2. The zero-order chi connectivity index (χ0) is 25.4. The van der Waals surface area contributed by atoms with Crippen LogP contribution in [0.5, 0.6) is 0 Å². The van der Waals surface area contributed by atoms with E-state index >= 15 is 0 Å². The second-order valence-corrected chi connectivity index (χ2v) is 10.4. The van der Waals surface area contributed by atoms with Crippen LogP contribution in [-0.4, -0.2) is 86.9 Å². The number of fused-ring (bicyclic) bond motifs is 1. The number of hydrogen-bond acceptors (Lipinski definition) is 7. The summed E-state index contributed by atoms with van der Waals surface area (Å²) in [4.78, 5) is 32.7. The lowest BCUT2D eigenvalue weighted by Crippen LogP contribution is -2.60. The zero-order valence-corrected chi connectivity index (χ0v) is 21.6. The van der Waals surface area contributed by atoms with E-state index in [0.717, 1.165) is 50.4 Å². The first-order chi connectivity index (χ1) is 17.4. The van der Waals surface area contributed by atoms with Gasteiger partial charge < -0.3 is 24.4 Å². The fraction of sp³-hybridized carbons (Fsp3) is 0.692. The van der Waals surface area contributed by atoms with Crippen LogP contribution in [0.15, 0.2) is 10.6 Å². The van der Waals surface area contributed by atoms with Gasteiger partial charge in [-0.1, -0.05) is 19.5 Å². The number of rotatable bonds is 5. The molecule has 2 saturated heterocycles. The minimum atomic E-state index is -0.381. The van der Waals surface area contributed by atoms with Crippen LogP contribution in [0, 0.1) is 5.92 Å². The lowest BCUT2D eigenvalue weighted by molar-refractivity contribution is 0.0127. The molecule has 3 aliphatic heterocycles. The predicted octanol–water partition coefficient (Wildman–Crippen LogP) is 3.67. The van der Waals surface area contributed by atoms with Gasteiger partial charge in [-0.25, -0.2) is 4.79 Å².